The van der Waals surface area contributed by atoms with Crippen LogP contribution in [-0.2, 0) is 28.9 Å². The summed E-state index contributed by atoms with van der Waals surface area (Å²) in [6, 6.07) is 6.93. The van der Waals surface area contributed by atoms with Gasteiger partial charge in [-0.2, -0.15) is 4.31 Å². The van der Waals surface area contributed by atoms with Gasteiger partial charge in [0, 0.05) is 31.2 Å². The number of nitrogens with two attached hydrogens (primary N) is 1. The molecular formula is C13H16N4O2S. The van der Waals surface area contributed by atoms with Crippen molar-refractivity contribution < 1.29 is 8.42 Å². The highest BCUT2D eigenvalue weighted by atomic mass is 32.2. The average Bonchev–Trinajstić information content (AvgIpc) is 2.88. The molecule has 2 heterocycles. The van der Waals surface area contributed by atoms with E-state index < -0.39 is 10.0 Å². The first-order chi connectivity index (χ1) is 9.54. The van der Waals surface area contributed by atoms with Crippen molar-refractivity contribution in [1.82, 2.24) is 13.9 Å². The van der Waals surface area contributed by atoms with Crippen LogP contribution in [-0.4, -0.2) is 28.8 Å². The lowest BCUT2D eigenvalue weighted by atomic mass is 10.2. The Kier molecular flexibility index (Phi) is 3.23. The monoisotopic (exact) mass is 292 g/mol. The molecule has 0 spiro atoms. The molecule has 0 saturated heterocycles. The maximum Gasteiger partial charge on any atom is 0.218 e. The van der Waals surface area contributed by atoms with Crippen LogP contribution in [0.1, 0.15) is 11.4 Å². The molecular weight excluding hydrogens is 276 g/mol. The van der Waals surface area contributed by atoms with Gasteiger partial charge in [-0.15, -0.1) is 0 Å². The SMILES string of the molecule is Nc1ccc(CS(=O)(=O)N2CCn3ccnc3C2)cc1. The number of aromatic nitrogens is 2. The molecule has 0 saturated carbocycles. The van der Waals surface area contributed by atoms with Crippen LogP contribution in [0.25, 0.3) is 0 Å². The van der Waals surface area contributed by atoms with Gasteiger partial charge in [-0.3, -0.25) is 0 Å². The van der Waals surface area contributed by atoms with Gasteiger partial charge in [-0.25, -0.2) is 13.4 Å². The molecule has 2 N–H and O–H groups in total. The molecule has 20 heavy (non-hydrogen) atoms. The number of sulfonamides is 1. The van der Waals surface area contributed by atoms with E-state index in [-0.39, 0.29) is 5.75 Å². The predicted molar refractivity (Wildman–Crippen MR) is 76.1 cm³/mol. The standard InChI is InChI=1S/C13H16N4O2S/c14-12-3-1-11(2-4-12)10-20(18,19)17-8-7-16-6-5-15-13(16)9-17/h1-6H,7-10,14H2. The smallest absolute Gasteiger partial charge is 0.218 e. The van der Waals surface area contributed by atoms with Crippen LogP contribution in [0.15, 0.2) is 36.7 Å². The Labute approximate surface area is 117 Å². The summed E-state index contributed by atoms with van der Waals surface area (Å²) < 4.78 is 28.3. The lowest BCUT2D eigenvalue weighted by Crippen LogP contribution is -2.38. The molecule has 0 fully saturated rings. The van der Waals surface area contributed by atoms with Crippen LogP contribution in [0.2, 0.25) is 0 Å². The fourth-order valence-electron chi connectivity index (χ4n) is 2.30. The molecule has 0 aliphatic carbocycles. The first kappa shape index (κ1) is 13.1. The molecule has 1 aromatic heterocycles. The van der Waals surface area contributed by atoms with Gasteiger partial charge in [0.1, 0.15) is 5.82 Å². The number of hydrogen-bond donors (Lipinski definition) is 1. The number of hydrogen-bond acceptors (Lipinski definition) is 4. The van der Waals surface area contributed by atoms with Crippen molar-refractivity contribution in [2.24, 2.45) is 0 Å². The van der Waals surface area contributed by atoms with E-state index in [1.54, 1.807) is 30.5 Å². The van der Waals surface area contributed by atoms with Crippen LogP contribution in [0.5, 0.6) is 0 Å². The van der Waals surface area contributed by atoms with Crippen molar-refractivity contribution >= 4 is 15.7 Å². The van der Waals surface area contributed by atoms with Crippen molar-refractivity contribution in [3.8, 4) is 0 Å². The summed E-state index contributed by atoms with van der Waals surface area (Å²) >= 11 is 0. The largest absolute Gasteiger partial charge is 0.399 e. The summed E-state index contributed by atoms with van der Waals surface area (Å²) in [6.07, 6.45) is 3.57. The van der Waals surface area contributed by atoms with E-state index in [2.05, 4.69) is 4.98 Å². The van der Waals surface area contributed by atoms with Gasteiger partial charge >= 0.3 is 0 Å². The Morgan fingerprint density at radius 3 is 2.70 bits per heavy atom. The van der Waals surface area contributed by atoms with Gasteiger partial charge in [-0.05, 0) is 17.7 Å². The summed E-state index contributed by atoms with van der Waals surface area (Å²) in [5, 5.41) is 0. The zero-order valence-electron chi connectivity index (χ0n) is 10.9. The topological polar surface area (TPSA) is 81.2 Å². The number of nitrogens with zero attached hydrogens (tertiary/aromatic N) is 3. The van der Waals surface area contributed by atoms with Crippen molar-refractivity contribution in [1.29, 1.82) is 0 Å². The van der Waals surface area contributed by atoms with E-state index in [4.69, 9.17) is 5.73 Å². The Bertz CT molecular complexity index is 706. The van der Waals surface area contributed by atoms with E-state index in [1.165, 1.54) is 4.31 Å². The Hall–Kier alpha value is -1.86. The summed E-state index contributed by atoms with van der Waals surface area (Å²) in [4.78, 5) is 4.18. The summed E-state index contributed by atoms with van der Waals surface area (Å²) in [5.41, 5.74) is 6.98. The maximum absolute atomic E-state index is 12.4. The Balaban J connectivity index is 1.77. The molecule has 106 valence electrons. The first-order valence-corrected chi connectivity index (χ1v) is 7.98. The molecule has 0 atom stereocenters. The number of nitrogen functional groups attached to an aromatic ring is 1. The Morgan fingerprint density at radius 1 is 1.20 bits per heavy atom. The van der Waals surface area contributed by atoms with Gasteiger partial charge < -0.3 is 10.3 Å². The second-order valence-electron chi connectivity index (χ2n) is 4.87. The van der Waals surface area contributed by atoms with Crippen molar-refractivity contribution in [3.63, 3.8) is 0 Å². The summed E-state index contributed by atoms with van der Waals surface area (Å²) in [7, 11) is -3.33. The molecule has 0 unspecified atom stereocenters. The van der Waals surface area contributed by atoms with Gasteiger partial charge in [0.25, 0.3) is 0 Å². The number of anilines is 1. The van der Waals surface area contributed by atoms with Crippen LogP contribution >= 0.6 is 0 Å². The lowest BCUT2D eigenvalue weighted by Gasteiger charge is -2.27. The predicted octanol–water partition coefficient (Wildman–Crippen LogP) is 0.811. The molecule has 1 aliphatic rings. The third-order valence-electron chi connectivity index (χ3n) is 3.43. The minimum Gasteiger partial charge on any atom is -0.399 e. The number of rotatable bonds is 3. The first-order valence-electron chi connectivity index (χ1n) is 6.37. The zero-order valence-corrected chi connectivity index (χ0v) is 11.8. The number of imidazole rings is 1. The van der Waals surface area contributed by atoms with E-state index >= 15 is 0 Å². The minimum atomic E-state index is -3.33. The molecule has 0 bridgehead atoms. The van der Waals surface area contributed by atoms with E-state index in [0.717, 1.165) is 11.4 Å². The van der Waals surface area contributed by atoms with Gasteiger partial charge in [0.15, 0.2) is 0 Å². The Morgan fingerprint density at radius 2 is 1.95 bits per heavy atom. The van der Waals surface area contributed by atoms with E-state index in [1.807, 2.05) is 10.8 Å². The molecule has 1 aliphatic heterocycles. The fourth-order valence-corrected chi connectivity index (χ4v) is 3.77. The molecule has 1 aromatic carbocycles. The summed E-state index contributed by atoms with van der Waals surface area (Å²) in [5.74, 6) is 0.783. The zero-order chi connectivity index (χ0) is 14.2. The fraction of sp³-hybridized carbons (Fsp3) is 0.308. The van der Waals surface area contributed by atoms with Crippen molar-refractivity contribution in [2.75, 3.05) is 12.3 Å². The minimum absolute atomic E-state index is 0.00596. The second kappa shape index (κ2) is 4.92. The molecule has 6 nitrogen and oxygen atoms in total. The molecule has 2 aromatic rings. The summed E-state index contributed by atoms with van der Waals surface area (Å²) in [6.45, 7) is 1.47. The van der Waals surface area contributed by atoms with Gasteiger partial charge in [0.05, 0.1) is 12.3 Å². The van der Waals surface area contributed by atoms with Gasteiger partial charge in [-0.1, -0.05) is 12.1 Å². The average molecular weight is 292 g/mol. The number of fused-ring (bicyclic) bond motifs is 1. The molecule has 0 amide bonds. The number of benzene rings is 1. The highest BCUT2D eigenvalue weighted by Gasteiger charge is 2.27. The molecule has 3 rings (SSSR count). The van der Waals surface area contributed by atoms with Crippen molar-refractivity contribution in [2.45, 2.75) is 18.8 Å². The highest BCUT2D eigenvalue weighted by molar-refractivity contribution is 7.88. The maximum atomic E-state index is 12.4. The molecule has 7 heteroatoms. The van der Waals surface area contributed by atoms with Crippen molar-refractivity contribution in [3.05, 3.63) is 48.0 Å². The molecule has 0 radical (unpaired) electrons. The van der Waals surface area contributed by atoms with E-state index in [0.29, 0.717) is 25.3 Å². The van der Waals surface area contributed by atoms with E-state index in [9.17, 15) is 8.42 Å². The highest BCUT2D eigenvalue weighted by Crippen LogP contribution is 2.18. The lowest BCUT2D eigenvalue weighted by molar-refractivity contribution is 0.335. The van der Waals surface area contributed by atoms with Crippen LogP contribution in [0, 0.1) is 0 Å². The quantitative estimate of drug-likeness (QED) is 0.849. The van der Waals surface area contributed by atoms with Crippen LogP contribution < -0.4 is 5.73 Å². The second-order valence-corrected chi connectivity index (χ2v) is 6.84. The van der Waals surface area contributed by atoms with Gasteiger partial charge in [0.2, 0.25) is 10.0 Å². The third-order valence-corrected chi connectivity index (χ3v) is 5.23. The van der Waals surface area contributed by atoms with Crippen LogP contribution in [0.3, 0.4) is 0 Å². The third kappa shape index (κ3) is 2.54. The van der Waals surface area contributed by atoms with Crippen LogP contribution in [0.4, 0.5) is 5.69 Å². The normalized spacial score (nSPS) is 16.0.